The first-order chi connectivity index (χ1) is 9.11. The van der Waals surface area contributed by atoms with Gasteiger partial charge in [0.1, 0.15) is 6.04 Å². The summed E-state index contributed by atoms with van der Waals surface area (Å²) in [5.74, 6) is 0.735. The second-order valence-electron chi connectivity index (χ2n) is 6.36. The van der Waals surface area contributed by atoms with Crippen molar-refractivity contribution < 1.29 is 9.90 Å². The van der Waals surface area contributed by atoms with E-state index in [1.54, 1.807) is 0 Å². The van der Waals surface area contributed by atoms with E-state index in [1.165, 1.54) is 25.9 Å². The van der Waals surface area contributed by atoms with Gasteiger partial charge < -0.3 is 10.8 Å². The number of nitrogens with zero attached hydrogens (tertiary/aromatic N) is 2. The van der Waals surface area contributed by atoms with Crippen LogP contribution in [0.3, 0.4) is 0 Å². The van der Waals surface area contributed by atoms with Crippen LogP contribution in [0.2, 0.25) is 0 Å². The highest BCUT2D eigenvalue weighted by Crippen LogP contribution is 2.44. The molecular formula is C14H25N3O2. The summed E-state index contributed by atoms with van der Waals surface area (Å²) in [7, 11) is 0. The first-order valence-electron chi connectivity index (χ1n) is 7.58. The van der Waals surface area contributed by atoms with Crippen LogP contribution in [-0.2, 0) is 4.79 Å². The molecule has 19 heavy (non-hydrogen) atoms. The summed E-state index contributed by atoms with van der Waals surface area (Å²) in [6.45, 7) is 6.71. The molecule has 5 nitrogen and oxygen atoms in total. The van der Waals surface area contributed by atoms with Crippen LogP contribution < -0.4 is 5.73 Å². The molecule has 2 bridgehead atoms. The Labute approximate surface area is 114 Å². The molecule has 5 heteroatoms. The molecule has 0 radical (unpaired) electrons. The molecular weight excluding hydrogens is 242 g/mol. The minimum absolute atomic E-state index is 0.337. The van der Waals surface area contributed by atoms with Gasteiger partial charge >= 0.3 is 5.97 Å². The number of nitrogens with two attached hydrogens (primary N) is 1. The maximum Gasteiger partial charge on any atom is 0.320 e. The van der Waals surface area contributed by atoms with E-state index < -0.39 is 12.0 Å². The Hall–Kier alpha value is -0.650. The summed E-state index contributed by atoms with van der Waals surface area (Å²) < 4.78 is 0. The third-order valence-corrected chi connectivity index (χ3v) is 5.57. The molecule has 4 atom stereocenters. The molecule has 4 rings (SSSR count). The van der Waals surface area contributed by atoms with Crippen LogP contribution in [0.4, 0.5) is 0 Å². The zero-order valence-corrected chi connectivity index (χ0v) is 11.7. The number of piperidine rings is 3. The maximum atomic E-state index is 11.0. The number of likely N-dealkylation sites (tertiary alicyclic amines) is 1. The van der Waals surface area contributed by atoms with Crippen LogP contribution >= 0.6 is 0 Å². The van der Waals surface area contributed by atoms with Crippen molar-refractivity contribution in [3.63, 3.8) is 0 Å². The fourth-order valence-electron chi connectivity index (χ4n) is 4.62. The molecule has 4 saturated heterocycles. The lowest BCUT2D eigenvalue weighted by molar-refractivity contribution is -0.139. The molecule has 4 unspecified atom stereocenters. The normalized spacial score (nSPS) is 43.2. The lowest BCUT2D eigenvalue weighted by Crippen LogP contribution is -2.58. The lowest BCUT2D eigenvalue weighted by atomic mass is 9.73. The Morgan fingerprint density at radius 1 is 1.42 bits per heavy atom. The zero-order chi connectivity index (χ0) is 13.6. The minimum atomic E-state index is -0.865. The number of likely N-dealkylation sites (N-methyl/N-ethyl adjacent to an activating group) is 1. The van der Waals surface area contributed by atoms with Gasteiger partial charge in [-0.3, -0.25) is 14.6 Å². The van der Waals surface area contributed by atoms with Crippen molar-refractivity contribution in [2.45, 2.75) is 44.3 Å². The third-order valence-electron chi connectivity index (χ3n) is 5.57. The number of carboxylic acid groups (broad SMARTS) is 1. The summed E-state index contributed by atoms with van der Waals surface area (Å²) in [5, 5.41) is 9.07. The van der Waals surface area contributed by atoms with Crippen LogP contribution in [0, 0.1) is 11.8 Å². The second kappa shape index (κ2) is 5.04. The molecule has 0 aromatic heterocycles. The molecule has 0 saturated carbocycles. The average molecular weight is 267 g/mol. The van der Waals surface area contributed by atoms with Gasteiger partial charge in [-0.1, -0.05) is 6.92 Å². The Balaban J connectivity index is 1.78. The highest BCUT2D eigenvalue weighted by Gasteiger charge is 2.52. The fourth-order valence-corrected chi connectivity index (χ4v) is 4.62. The summed E-state index contributed by atoms with van der Waals surface area (Å²) in [6, 6.07) is 0.168. The van der Waals surface area contributed by atoms with Gasteiger partial charge in [-0.2, -0.15) is 0 Å². The fraction of sp³-hybridized carbons (Fsp3) is 0.929. The number of rotatable bonds is 4. The van der Waals surface area contributed by atoms with Crippen LogP contribution in [0.5, 0.6) is 0 Å². The molecule has 0 aliphatic carbocycles. The van der Waals surface area contributed by atoms with Crippen LogP contribution in [0.1, 0.15) is 26.2 Å². The molecule has 4 aliphatic rings. The summed E-state index contributed by atoms with van der Waals surface area (Å²) in [6.07, 6.45) is 3.25. The molecule has 0 aromatic rings. The van der Waals surface area contributed by atoms with Gasteiger partial charge in [0.05, 0.1) is 0 Å². The van der Waals surface area contributed by atoms with Crippen LogP contribution in [0.15, 0.2) is 0 Å². The number of fused-ring (bicyclic) bond motifs is 2. The van der Waals surface area contributed by atoms with Gasteiger partial charge in [0, 0.05) is 18.6 Å². The Kier molecular flexibility index (Phi) is 3.53. The van der Waals surface area contributed by atoms with Crippen molar-refractivity contribution in [1.82, 2.24) is 9.80 Å². The largest absolute Gasteiger partial charge is 0.480 e. The highest BCUT2D eigenvalue weighted by molar-refractivity contribution is 5.73. The minimum Gasteiger partial charge on any atom is -0.480 e. The topological polar surface area (TPSA) is 69.8 Å². The Morgan fingerprint density at radius 3 is 2.68 bits per heavy atom. The van der Waals surface area contributed by atoms with E-state index in [-0.39, 0.29) is 0 Å². The van der Waals surface area contributed by atoms with E-state index in [1.807, 2.05) is 0 Å². The molecule has 4 heterocycles. The SMILES string of the molecule is CCN1CC2C3CCN(CC3)C2C1CC(N)C(=O)O. The first-order valence-corrected chi connectivity index (χ1v) is 7.58. The maximum absolute atomic E-state index is 11.0. The third kappa shape index (κ3) is 2.18. The molecule has 4 aliphatic heterocycles. The van der Waals surface area contributed by atoms with Gasteiger partial charge in [0.25, 0.3) is 0 Å². The average Bonchev–Trinajstić information content (AvgIpc) is 2.80. The van der Waals surface area contributed by atoms with Crippen molar-refractivity contribution in [2.24, 2.45) is 17.6 Å². The lowest BCUT2D eigenvalue weighted by Gasteiger charge is -2.49. The number of carboxylic acids is 1. The summed E-state index contributed by atoms with van der Waals surface area (Å²) in [5.41, 5.74) is 5.79. The van der Waals surface area contributed by atoms with E-state index in [4.69, 9.17) is 10.8 Å². The van der Waals surface area contributed by atoms with Crippen molar-refractivity contribution in [3.8, 4) is 0 Å². The quantitative estimate of drug-likeness (QED) is 0.761. The monoisotopic (exact) mass is 267 g/mol. The van der Waals surface area contributed by atoms with E-state index in [2.05, 4.69) is 16.7 Å². The van der Waals surface area contributed by atoms with Gasteiger partial charge in [0.15, 0.2) is 0 Å². The van der Waals surface area contributed by atoms with E-state index in [9.17, 15) is 4.79 Å². The van der Waals surface area contributed by atoms with Gasteiger partial charge in [-0.25, -0.2) is 0 Å². The standard InChI is InChI=1S/C14H25N3O2/c1-2-16-8-10-9-3-5-17(6-4-9)13(10)12(16)7-11(15)14(18)19/h9-13H,2-8,15H2,1H3,(H,18,19). The molecule has 108 valence electrons. The Bertz CT molecular complexity index is 355. The summed E-state index contributed by atoms with van der Waals surface area (Å²) in [4.78, 5) is 16.1. The molecule has 4 fully saturated rings. The van der Waals surface area contributed by atoms with Gasteiger partial charge in [-0.05, 0) is 50.7 Å². The highest BCUT2D eigenvalue weighted by atomic mass is 16.4. The van der Waals surface area contributed by atoms with Gasteiger partial charge in [-0.15, -0.1) is 0 Å². The van der Waals surface area contributed by atoms with E-state index in [0.717, 1.165) is 24.9 Å². The Morgan fingerprint density at radius 2 is 2.11 bits per heavy atom. The number of hydrogen-bond acceptors (Lipinski definition) is 4. The number of hydrogen-bond donors (Lipinski definition) is 2. The summed E-state index contributed by atoms with van der Waals surface area (Å²) >= 11 is 0. The number of aliphatic carboxylic acids is 1. The van der Waals surface area contributed by atoms with Crippen molar-refractivity contribution in [3.05, 3.63) is 0 Å². The zero-order valence-electron chi connectivity index (χ0n) is 11.7. The van der Waals surface area contributed by atoms with E-state index >= 15 is 0 Å². The molecule has 0 spiro atoms. The first kappa shape index (κ1) is 13.3. The number of carbonyl (C=O) groups is 1. The van der Waals surface area contributed by atoms with E-state index in [0.29, 0.717) is 18.5 Å². The molecule has 0 amide bonds. The smallest absolute Gasteiger partial charge is 0.320 e. The van der Waals surface area contributed by atoms with Crippen LogP contribution in [-0.4, -0.2) is 65.2 Å². The van der Waals surface area contributed by atoms with Crippen molar-refractivity contribution in [2.75, 3.05) is 26.2 Å². The van der Waals surface area contributed by atoms with Crippen LogP contribution in [0.25, 0.3) is 0 Å². The molecule has 0 aromatic carbocycles. The van der Waals surface area contributed by atoms with Gasteiger partial charge in [0.2, 0.25) is 0 Å². The predicted octanol–water partition coefficient (Wildman–Crippen LogP) is 0.203. The van der Waals surface area contributed by atoms with Crippen molar-refractivity contribution >= 4 is 5.97 Å². The van der Waals surface area contributed by atoms with Crippen molar-refractivity contribution in [1.29, 1.82) is 0 Å². The molecule has 3 N–H and O–H groups in total. The second-order valence-corrected chi connectivity index (χ2v) is 6.36. The predicted molar refractivity (Wildman–Crippen MR) is 72.8 cm³/mol.